The highest BCUT2D eigenvalue weighted by molar-refractivity contribution is 5.98. The van der Waals surface area contributed by atoms with Crippen molar-refractivity contribution in [3.63, 3.8) is 0 Å². The summed E-state index contributed by atoms with van der Waals surface area (Å²) in [6, 6.07) is 5.59. The summed E-state index contributed by atoms with van der Waals surface area (Å²) < 4.78 is 1.83. The molecule has 2 saturated carbocycles. The number of aromatic amines is 1. The van der Waals surface area contributed by atoms with Gasteiger partial charge >= 0.3 is 11.7 Å². The SMILES string of the molecule is O=C(O)[C@H]1CN(C(=O)c2ccc3c(c2)[nH]c(=O)n3C2CCCC2)C[C@@H]1C1CC1. The molecule has 5 rings (SSSR count). The van der Waals surface area contributed by atoms with Crippen LogP contribution in [-0.4, -0.2) is 44.5 Å². The lowest BCUT2D eigenvalue weighted by Gasteiger charge is -2.16. The van der Waals surface area contributed by atoms with E-state index in [0.29, 0.717) is 23.5 Å². The third-order valence-corrected chi connectivity index (χ3v) is 6.85. The van der Waals surface area contributed by atoms with Gasteiger partial charge in [-0.2, -0.15) is 0 Å². The highest BCUT2D eigenvalue weighted by Gasteiger charge is 2.47. The zero-order chi connectivity index (χ0) is 19.4. The third-order valence-electron chi connectivity index (χ3n) is 6.85. The number of benzene rings is 1. The van der Waals surface area contributed by atoms with Crippen molar-refractivity contribution in [2.75, 3.05) is 13.1 Å². The second-order valence-electron chi connectivity index (χ2n) is 8.63. The normalized spacial score (nSPS) is 25.6. The van der Waals surface area contributed by atoms with Crippen LogP contribution in [0.1, 0.15) is 54.9 Å². The van der Waals surface area contributed by atoms with Gasteiger partial charge in [0, 0.05) is 24.7 Å². The Morgan fingerprint density at radius 2 is 1.82 bits per heavy atom. The van der Waals surface area contributed by atoms with Crippen LogP contribution in [0.25, 0.3) is 11.0 Å². The number of nitrogens with zero attached hydrogens (tertiary/aromatic N) is 2. The fourth-order valence-electron chi connectivity index (χ4n) is 5.23. The maximum atomic E-state index is 13.0. The van der Waals surface area contributed by atoms with E-state index in [9.17, 15) is 19.5 Å². The van der Waals surface area contributed by atoms with E-state index in [2.05, 4.69) is 4.98 Å². The number of aliphatic carboxylic acids is 1. The molecule has 2 aliphatic carbocycles. The molecule has 0 spiro atoms. The molecule has 1 aliphatic heterocycles. The number of likely N-dealkylation sites (tertiary alicyclic amines) is 1. The topological polar surface area (TPSA) is 95.4 Å². The quantitative estimate of drug-likeness (QED) is 0.848. The lowest BCUT2D eigenvalue weighted by Crippen LogP contribution is -2.29. The first kappa shape index (κ1) is 17.5. The van der Waals surface area contributed by atoms with Crippen LogP contribution >= 0.6 is 0 Å². The third kappa shape index (κ3) is 2.84. The molecule has 7 heteroatoms. The number of hydrogen-bond acceptors (Lipinski definition) is 3. The summed E-state index contributed by atoms with van der Waals surface area (Å²) in [4.78, 5) is 41.7. The molecule has 3 aliphatic rings. The van der Waals surface area contributed by atoms with Crippen LogP contribution in [0.2, 0.25) is 0 Å². The number of carboxylic acid groups (broad SMARTS) is 1. The van der Waals surface area contributed by atoms with Gasteiger partial charge in [-0.05, 0) is 55.7 Å². The molecule has 2 N–H and O–H groups in total. The van der Waals surface area contributed by atoms with Gasteiger partial charge in [-0.3, -0.25) is 14.2 Å². The van der Waals surface area contributed by atoms with Crippen molar-refractivity contribution >= 4 is 22.9 Å². The Kier molecular flexibility index (Phi) is 4.07. The Labute approximate surface area is 162 Å². The number of carbonyl (C=O) groups excluding carboxylic acids is 1. The smallest absolute Gasteiger partial charge is 0.326 e. The van der Waals surface area contributed by atoms with E-state index in [1.165, 1.54) is 0 Å². The number of H-pyrrole nitrogens is 1. The van der Waals surface area contributed by atoms with Gasteiger partial charge in [-0.1, -0.05) is 12.8 Å². The number of nitrogens with one attached hydrogen (secondary N) is 1. The molecule has 0 bridgehead atoms. The zero-order valence-corrected chi connectivity index (χ0v) is 15.8. The van der Waals surface area contributed by atoms with Crippen LogP contribution in [0, 0.1) is 17.8 Å². The molecule has 2 heterocycles. The van der Waals surface area contributed by atoms with Gasteiger partial charge in [-0.15, -0.1) is 0 Å². The lowest BCUT2D eigenvalue weighted by atomic mass is 9.92. The first-order valence-corrected chi connectivity index (χ1v) is 10.3. The van der Waals surface area contributed by atoms with Gasteiger partial charge in [0.2, 0.25) is 0 Å². The van der Waals surface area contributed by atoms with Crippen LogP contribution in [0.5, 0.6) is 0 Å². The molecule has 3 fully saturated rings. The minimum Gasteiger partial charge on any atom is -0.481 e. The average molecular weight is 383 g/mol. The largest absolute Gasteiger partial charge is 0.481 e. The number of carboxylic acids is 1. The van der Waals surface area contributed by atoms with E-state index in [1.807, 2.05) is 10.6 Å². The van der Waals surface area contributed by atoms with Gasteiger partial charge in [0.15, 0.2) is 0 Å². The molecule has 7 nitrogen and oxygen atoms in total. The van der Waals surface area contributed by atoms with Crippen molar-refractivity contribution < 1.29 is 14.7 Å². The van der Waals surface area contributed by atoms with E-state index in [1.54, 1.807) is 17.0 Å². The molecule has 0 radical (unpaired) electrons. The molecule has 1 aromatic heterocycles. The Hall–Kier alpha value is -2.57. The monoisotopic (exact) mass is 383 g/mol. The predicted octanol–water partition coefficient (Wildman–Crippen LogP) is 2.63. The molecular formula is C21H25N3O4. The standard InChI is InChI=1S/C21H25N3O4/c25-19(23-10-15(12-5-6-12)16(11-23)20(26)27)13-7-8-18-17(9-13)22-21(28)24(18)14-3-1-2-4-14/h7-9,12,14-16H,1-6,10-11H2,(H,22,28)(H,26,27)/t15-,16+/m1/s1. The van der Waals surface area contributed by atoms with Gasteiger partial charge in [0.1, 0.15) is 0 Å². The van der Waals surface area contributed by atoms with Crippen molar-refractivity contribution in [1.29, 1.82) is 0 Å². The number of imidazole rings is 1. The molecule has 1 amide bonds. The fraction of sp³-hybridized carbons (Fsp3) is 0.571. The van der Waals surface area contributed by atoms with Crippen molar-refractivity contribution in [1.82, 2.24) is 14.5 Å². The Bertz CT molecular complexity index is 997. The van der Waals surface area contributed by atoms with Crippen LogP contribution < -0.4 is 5.69 Å². The summed E-state index contributed by atoms with van der Waals surface area (Å²) in [7, 11) is 0. The van der Waals surface area contributed by atoms with Crippen LogP contribution in [0.15, 0.2) is 23.0 Å². The molecule has 0 unspecified atom stereocenters. The average Bonchev–Trinajstić information content (AvgIpc) is 3.08. The molecule has 2 aromatic rings. The fourth-order valence-corrected chi connectivity index (χ4v) is 5.23. The van der Waals surface area contributed by atoms with Crippen LogP contribution in [-0.2, 0) is 4.79 Å². The zero-order valence-electron chi connectivity index (χ0n) is 15.8. The number of fused-ring (bicyclic) bond motifs is 1. The second-order valence-corrected chi connectivity index (χ2v) is 8.63. The van der Waals surface area contributed by atoms with Gasteiger partial charge in [0.25, 0.3) is 5.91 Å². The number of hydrogen-bond donors (Lipinski definition) is 2. The Morgan fingerprint density at radius 1 is 1.07 bits per heavy atom. The minimum absolute atomic E-state index is 0.0634. The summed E-state index contributed by atoms with van der Waals surface area (Å²) >= 11 is 0. The predicted molar refractivity (Wildman–Crippen MR) is 103 cm³/mol. The van der Waals surface area contributed by atoms with E-state index in [0.717, 1.165) is 44.0 Å². The van der Waals surface area contributed by atoms with E-state index < -0.39 is 11.9 Å². The maximum absolute atomic E-state index is 13.0. The molecule has 1 saturated heterocycles. The van der Waals surface area contributed by atoms with Crippen molar-refractivity contribution in [2.45, 2.75) is 44.6 Å². The molecule has 28 heavy (non-hydrogen) atoms. The highest BCUT2D eigenvalue weighted by atomic mass is 16.4. The second kappa shape index (κ2) is 6.50. The van der Waals surface area contributed by atoms with E-state index >= 15 is 0 Å². The minimum atomic E-state index is -0.805. The van der Waals surface area contributed by atoms with Gasteiger partial charge in [0.05, 0.1) is 17.0 Å². The summed E-state index contributed by atoms with van der Waals surface area (Å²) in [6.45, 7) is 0.783. The van der Waals surface area contributed by atoms with Crippen molar-refractivity contribution in [3.05, 3.63) is 34.2 Å². The molecule has 2 atom stereocenters. The molecule has 1 aromatic carbocycles. The maximum Gasteiger partial charge on any atom is 0.326 e. The Balaban J connectivity index is 1.42. The summed E-state index contributed by atoms with van der Waals surface area (Å²) in [5.74, 6) is -0.915. The van der Waals surface area contributed by atoms with Gasteiger partial charge < -0.3 is 15.0 Å². The van der Waals surface area contributed by atoms with Crippen LogP contribution in [0.3, 0.4) is 0 Å². The number of carbonyl (C=O) groups is 2. The highest BCUT2D eigenvalue weighted by Crippen LogP contribution is 2.44. The first-order chi connectivity index (χ1) is 13.5. The molecule has 148 valence electrons. The summed E-state index contributed by atoms with van der Waals surface area (Å²) in [6.07, 6.45) is 6.45. The van der Waals surface area contributed by atoms with E-state index in [-0.39, 0.29) is 30.1 Å². The lowest BCUT2D eigenvalue weighted by molar-refractivity contribution is -0.142. The Morgan fingerprint density at radius 3 is 2.50 bits per heavy atom. The number of amides is 1. The summed E-state index contributed by atoms with van der Waals surface area (Å²) in [5, 5.41) is 9.53. The first-order valence-electron chi connectivity index (χ1n) is 10.3. The number of aromatic nitrogens is 2. The van der Waals surface area contributed by atoms with E-state index in [4.69, 9.17) is 0 Å². The number of rotatable bonds is 4. The van der Waals surface area contributed by atoms with Crippen molar-refractivity contribution in [2.24, 2.45) is 17.8 Å². The van der Waals surface area contributed by atoms with Crippen molar-refractivity contribution in [3.8, 4) is 0 Å². The summed E-state index contributed by atoms with van der Waals surface area (Å²) in [5.41, 5.74) is 1.91. The van der Waals surface area contributed by atoms with Crippen LogP contribution in [0.4, 0.5) is 0 Å². The van der Waals surface area contributed by atoms with Gasteiger partial charge in [-0.25, -0.2) is 4.79 Å². The molecular weight excluding hydrogens is 358 g/mol.